The standard InChI is InChI=1S/C15H26O/c1-3-4-5-6-7-8-9-10-11-12-13-14-15(2)16/h7-8,10-11H,3-6,9,12-14H2,1-2H3/b8-7-,11-10+. The average molecular weight is 222 g/mol. The van der Waals surface area contributed by atoms with Crippen LogP contribution in [-0.4, -0.2) is 5.78 Å². The van der Waals surface area contributed by atoms with E-state index in [-0.39, 0.29) is 0 Å². The van der Waals surface area contributed by atoms with E-state index in [9.17, 15) is 4.79 Å². The third kappa shape index (κ3) is 13.2. The van der Waals surface area contributed by atoms with E-state index in [0.717, 1.165) is 25.7 Å². The number of Topliss-reactive ketones (excluding diaryl/α,β-unsaturated/α-hetero) is 1. The van der Waals surface area contributed by atoms with Crippen molar-refractivity contribution in [2.24, 2.45) is 0 Å². The number of hydrogen-bond donors (Lipinski definition) is 0. The highest BCUT2D eigenvalue weighted by Crippen LogP contribution is 2.01. The quantitative estimate of drug-likeness (QED) is 0.382. The normalized spacial score (nSPS) is 11.6. The van der Waals surface area contributed by atoms with E-state index < -0.39 is 0 Å². The van der Waals surface area contributed by atoms with Crippen molar-refractivity contribution in [2.75, 3.05) is 0 Å². The van der Waals surface area contributed by atoms with Crippen LogP contribution < -0.4 is 0 Å². The molecule has 0 bridgehead atoms. The molecule has 0 radical (unpaired) electrons. The van der Waals surface area contributed by atoms with Gasteiger partial charge in [-0.2, -0.15) is 0 Å². The predicted octanol–water partition coefficient (Wildman–Crippen LogP) is 4.83. The Morgan fingerprint density at radius 2 is 1.56 bits per heavy atom. The first-order valence-corrected chi connectivity index (χ1v) is 6.56. The van der Waals surface area contributed by atoms with Crippen LogP contribution >= 0.6 is 0 Å². The minimum absolute atomic E-state index is 0.296. The van der Waals surface area contributed by atoms with Gasteiger partial charge in [-0.1, -0.05) is 44.1 Å². The zero-order valence-electron chi connectivity index (χ0n) is 10.9. The van der Waals surface area contributed by atoms with Crippen molar-refractivity contribution in [3.05, 3.63) is 24.3 Å². The first-order chi connectivity index (χ1) is 7.77. The van der Waals surface area contributed by atoms with Crippen LogP contribution in [0.2, 0.25) is 0 Å². The second-order valence-electron chi connectivity index (χ2n) is 4.27. The van der Waals surface area contributed by atoms with Crippen molar-refractivity contribution in [1.82, 2.24) is 0 Å². The van der Waals surface area contributed by atoms with Crippen molar-refractivity contribution in [1.29, 1.82) is 0 Å². The Morgan fingerprint density at radius 3 is 2.12 bits per heavy atom. The Balaban J connectivity index is 3.23. The maximum Gasteiger partial charge on any atom is 0.129 e. The van der Waals surface area contributed by atoms with Crippen LogP contribution in [0.15, 0.2) is 24.3 Å². The molecule has 0 fully saturated rings. The van der Waals surface area contributed by atoms with Crippen molar-refractivity contribution >= 4 is 5.78 Å². The van der Waals surface area contributed by atoms with Crippen LogP contribution in [0.4, 0.5) is 0 Å². The molecule has 0 heterocycles. The maximum atomic E-state index is 10.7. The van der Waals surface area contributed by atoms with Gasteiger partial charge in [0.25, 0.3) is 0 Å². The first-order valence-electron chi connectivity index (χ1n) is 6.56. The lowest BCUT2D eigenvalue weighted by Gasteiger charge is -1.92. The Bertz CT molecular complexity index is 213. The molecule has 0 aromatic carbocycles. The van der Waals surface area contributed by atoms with Crippen molar-refractivity contribution in [2.45, 2.75) is 65.2 Å². The van der Waals surface area contributed by atoms with Gasteiger partial charge in [0, 0.05) is 6.42 Å². The van der Waals surface area contributed by atoms with E-state index in [1.54, 1.807) is 6.92 Å². The second kappa shape index (κ2) is 12.2. The van der Waals surface area contributed by atoms with Gasteiger partial charge in [0.15, 0.2) is 0 Å². The van der Waals surface area contributed by atoms with Gasteiger partial charge in [0.1, 0.15) is 5.78 Å². The number of allylic oxidation sites excluding steroid dienone is 4. The summed E-state index contributed by atoms with van der Waals surface area (Å²) < 4.78 is 0. The molecule has 0 atom stereocenters. The van der Waals surface area contributed by atoms with Gasteiger partial charge in [0.2, 0.25) is 0 Å². The molecule has 0 aromatic rings. The summed E-state index contributed by atoms with van der Waals surface area (Å²) in [4.78, 5) is 10.7. The van der Waals surface area contributed by atoms with E-state index in [0.29, 0.717) is 5.78 Å². The van der Waals surface area contributed by atoms with Gasteiger partial charge in [-0.3, -0.25) is 0 Å². The van der Waals surface area contributed by atoms with Gasteiger partial charge < -0.3 is 4.79 Å². The molecule has 0 saturated heterocycles. The molecule has 0 saturated carbocycles. The number of hydrogen-bond acceptors (Lipinski definition) is 1. The number of carbonyl (C=O) groups excluding carboxylic acids is 1. The molecule has 0 unspecified atom stereocenters. The highest BCUT2D eigenvalue weighted by atomic mass is 16.1. The summed E-state index contributed by atoms with van der Waals surface area (Å²) >= 11 is 0. The van der Waals surface area contributed by atoms with Gasteiger partial charge in [-0.15, -0.1) is 0 Å². The lowest BCUT2D eigenvalue weighted by atomic mass is 10.1. The van der Waals surface area contributed by atoms with Crippen LogP contribution in [-0.2, 0) is 4.79 Å². The van der Waals surface area contributed by atoms with Crippen molar-refractivity contribution in [3.63, 3.8) is 0 Å². The number of rotatable bonds is 10. The van der Waals surface area contributed by atoms with Gasteiger partial charge in [0.05, 0.1) is 0 Å². The van der Waals surface area contributed by atoms with E-state index in [1.165, 1.54) is 25.7 Å². The molecule has 0 aromatic heterocycles. The van der Waals surface area contributed by atoms with Gasteiger partial charge in [-0.25, -0.2) is 0 Å². The molecular weight excluding hydrogens is 196 g/mol. The topological polar surface area (TPSA) is 17.1 Å². The average Bonchev–Trinajstić information content (AvgIpc) is 2.25. The highest BCUT2D eigenvalue weighted by Gasteiger charge is 1.89. The minimum atomic E-state index is 0.296. The Labute approximate surface area is 101 Å². The fourth-order valence-corrected chi connectivity index (χ4v) is 1.49. The molecule has 0 aliphatic rings. The third-order valence-corrected chi connectivity index (χ3v) is 2.48. The smallest absolute Gasteiger partial charge is 0.129 e. The van der Waals surface area contributed by atoms with Crippen molar-refractivity contribution in [3.8, 4) is 0 Å². The molecule has 1 nitrogen and oxygen atoms in total. The lowest BCUT2D eigenvalue weighted by Crippen LogP contribution is -1.87. The molecule has 0 rings (SSSR count). The van der Waals surface area contributed by atoms with E-state index >= 15 is 0 Å². The van der Waals surface area contributed by atoms with Gasteiger partial charge in [-0.05, 0) is 39.0 Å². The van der Waals surface area contributed by atoms with Crippen LogP contribution in [0.1, 0.15) is 65.2 Å². The van der Waals surface area contributed by atoms with Crippen LogP contribution in [0.25, 0.3) is 0 Å². The number of carbonyl (C=O) groups is 1. The van der Waals surface area contributed by atoms with Crippen LogP contribution in [0.5, 0.6) is 0 Å². The molecular formula is C15H26O. The predicted molar refractivity (Wildman–Crippen MR) is 71.6 cm³/mol. The summed E-state index contributed by atoms with van der Waals surface area (Å²) in [5.74, 6) is 0.296. The van der Waals surface area contributed by atoms with E-state index in [4.69, 9.17) is 0 Å². The van der Waals surface area contributed by atoms with Crippen LogP contribution in [0, 0.1) is 0 Å². The molecule has 0 amide bonds. The second-order valence-corrected chi connectivity index (χ2v) is 4.27. The Hall–Kier alpha value is -0.850. The molecule has 0 spiro atoms. The molecule has 16 heavy (non-hydrogen) atoms. The Kier molecular flexibility index (Phi) is 11.6. The summed E-state index contributed by atoms with van der Waals surface area (Å²) in [5.41, 5.74) is 0. The summed E-state index contributed by atoms with van der Waals surface area (Å²) in [5, 5.41) is 0. The zero-order chi connectivity index (χ0) is 12.1. The largest absolute Gasteiger partial charge is 0.300 e. The highest BCUT2D eigenvalue weighted by molar-refractivity contribution is 5.75. The van der Waals surface area contributed by atoms with Gasteiger partial charge >= 0.3 is 0 Å². The summed E-state index contributed by atoms with van der Waals surface area (Å²) in [6.45, 7) is 3.89. The number of ketones is 1. The Morgan fingerprint density at radius 1 is 0.938 bits per heavy atom. The summed E-state index contributed by atoms with van der Waals surface area (Å²) in [7, 11) is 0. The molecule has 92 valence electrons. The fourth-order valence-electron chi connectivity index (χ4n) is 1.49. The molecule has 0 aliphatic heterocycles. The minimum Gasteiger partial charge on any atom is -0.300 e. The number of unbranched alkanes of at least 4 members (excludes halogenated alkanes) is 4. The SMILES string of the molecule is CCCCC/C=C\C/C=C/CCCC(C)=O. The monoisotopic (exact) mass is 222 g/mol. The zero-order valence-corrected chi connectivity index (χ0v) is 10.9. The van der Waals surface area contributed by atoms with E-state index in [2.05, 4.69) is 31.2 Å². The van der Waals surface area contributed by atoms with Crippen molar-refractivity contribution < 1.29 is 4.79 Å². The summed E-state index contributed by atoms with van der Waals surface area (Å²) in [6.07, 6.45) is 17.8. The molecule has 0 N–H and O–H groups in total. The molecule has 0 aliphatic carbocycles. The van der Waals surface area contributed by atoms with E-state index in [1.807, 2.05) is 0 Å². The first kappa shape index (κ1) is 15.2. The van der Waals surface area contributed by atoms with Crippen LogP contribution in [0.3, 0.4) is 0 Å². The fraction of sp³-hybridized carbons (Fsp3) is 0.667. The maximum absolute atomic E-state index is 10.7. The third-order valence-electron chi connectivity index (χ3n) is 2.48. The lowest BCUT2D eigenvalue weighted by molar-refractivity contribution is -0.117. The summed E-state index contributed by atoms with van der Waals surface area (Å²) in [6, 6.07) is 0. The molecule has 1 heteroatoms.